The second-order valence-electron chi connectivity index (χ2n) is 8.17. The normalized spacial score (nSPS) is 13.1. The van der Waals surface area contributed by atoms with Crippen molar-refractivity contribution >= 4 is 40.2 Å². The average Bonchev–Trinajstić information content (AvgIpc) is 3.59. The van der Waals surface area contributed by atoms with Gasteiger partial charge in [-0.05, 0) is 36.6 Å². The first-order valence-corrected chi connectivity index (χ1v) is 11.1. The molecule has 0 unspecified atom stereocenters. The van der Waals surface area contributed by atoms with E-state index in [1.54, 1.807) is 30.3 Å². The van der Waals surface area contributed by atoms with Crippen molar-refractivity contribution in [1.29, 1.82) is 0 Å². The highest BCUT2D eigenvalue weighted by Crippen LogP contribution is 2.27. The van der Waals surface area contributed by atoms with Crippen LogP contribution in [0.5, 0.6) is 0 Å². The van der Waals surface area contributed by atoms with Crippen molar-refractivity contribution in [3.05, 3.63) is 64.1 Å². The summed E-state index contributed by atoms with van der Waals surface area (Å²) in [4.78, 5) is 38.9. The zero-order chi connectivity index (χ0) is 24.4. The molecule has 9 nitrogen and oxygen atoms in total. The summed E-state index contributed by atoms with van der Waals surface area (Å²) in [6.07, 6.45) is 1.57. The molecule has 5 N–H and O–H groups in total. The van der Waals surface area contributed by atoms with E-state index in [1.165, 1.54) is 15.6 Å². The van der Waals surface area contributed by atoms with E-state index in [9.17, 15) is 18.8 Å². The molecule has 0 atom stereocenters. The molecule has 1 saturated carbocycles. The average molecular weight is 487 g/mol. The smallest absolute Gasteiger partial charge is 0.269 e. The summed E-state index contributed by atoms with van der Waals surface area (Å²) in [5.41, 5.74) is 12.6. The topological polar surface area (TPSA) is 136 Å². The van der Waals surface area contributed by atoms with Crippen molar-refractivity contribution in [2.24, 2.45) is 11.5 Å². The highest BCUT2D eigenvalue weighted by molar-refractivity contribution is 6.30. The van der Waals surface area contributed by atoms with Crippen LogP contribution in [0.1, 0.15) is 34.5 Å². The third-order valence-electron chi connectivity index (χ3n) is 5.67. The van der Waals surface area contributed by atoms with E-state index in [0.29, 0.717) is 16.5 Å². The summed E-state index contributed by atoms with van der Waals surface area (Å²) in [7, 11) is 0. The molecule has 3 aromatic rings. The Kier molecular flexibility index (Phi) is 6.80. The number of nitrogens with one attached hydrogen (secondary N) is 1. The summed E-state index contributed by atoms with van der Waals surface area (Å²) < 4.78 is 15.7. The molecule has 2 aromatic carbocycles. The summed E-state index contributed by atoms with van der Waals surface area (Å²) in [6, 6.07) is 9.91. The van der Waals surface area contributed by atoms with Gasteiger partial charge in [0.1, 0.15) is 12.4 Å². The number of hydrogen-bond donors (Lipinski definition) is 3. The Morgan fingerprint density at radius 3 is 2.65 bits per heavy atom. The number of fused-ring (bicyclic) bond motifs is 1. The number of para-hydroxylation sites is 1. The number of amides is 3. The van der Waals surface area contributed by atoms with Gasteiger partial charge in [0.05, 0.1) is 17.1 Å². The molecule has 1 aliphatic carbocycles. The van der Waals surface area contributed by atoms with E-state index >= 15 is 0 Å². The Hall–Kier alpha value is -3.50. The molecule has 0 bridgehead atoms. The molecule has 4 rings (SSSR count). The molecule has 34 heavy (non-hydrogen) atoms. The number of nitrogens with zero attached hydrogens (tertiary/aromatic N) is 3. The maximum absolute atomic E-state index is 14.3. The molecule has 178 valence electrons. The Morgan fingerprint density at radius 2 is 1.97 bits per heavy atom. The Labute approximate surface area is 199 Å². The van der Waals surface area contributed by atoms with Gasteiger partial charge in [-0.3, -0.25) is 19.1 Å². The Bertz CT molecular complexity index is 1270. The van der Waals surface area contributed by atoms with Gasteiger partial charge in [-0.2, -0.15) is 5.10 Å². The second-order valence-corrected chi connectivity index (χ2v) is 8.58. The fourth-order valence-electron chi connectivity index (χ4n) is 3.82. The van der Waals surface area contributed by atoms with E-state index in [2.05, 4.69) is 10.4 Å². The van der Waals surface area contributed by atoms with Crippen molar-refractivity contribution in [2.45, 2.75) is 38.5 Å². The van der Waals surface area contributed by atoms with E-state index in [1.807, 2.05) is 0 Å². The molecule has 1 aliphatic rings. The van der Waals surface area contributed by atoms with Crippen LogP contribution in [0.15, 0.2) is 36.4 Å². The maximum Gasteiger partial charge on any atom is 0.269 e. The predicted octanol–water partition coefficient (Wildman–Crippen LogP) is 1.69. The minimum atomic E-state index is -0.688. The van der Waals surface area contributed by atoms with Gasteiger partial charge in [0, 0.05) is 30.1 Å². The third-order valence-corrected chi connectivity index (χ3v) is 5.95. The van der Waals surface area contributed by atoms with E-state index < -0.39 is 17.6 Å². The van der Waals surface area contributed by atoms with E-state index in [-0.39, 0.29) is 54.4 Å². The first kappa shape index (κ1) is 23.7. The van der Waals surface area contributed by atoms with Crippen molar-refractivity contribution in [3.63, 3.8) is 0 Å². The standard InChI is InChI=1S/C23H24ClFN6O3/c24-17-8-13(9-26)7-14(21(17)25)10-28-19(32)11-30(15-5-6-15)20(33)12-31-18-4-2-1-3-16(18)22(29-31)23(27)34/h1-4,7-8,15H,5-6,9-12,26H2,(H2,27,34)(H,28,32). The lowest BCUT2D eigenvalue weighted by atomic mass is 10.1. The number of rotatable bonds is 9. The van der Waals surface area contributed by atoms with Gasteiger partial charge in [-0.1, -0.05) is 29.8 Å². The summed E-state index contributed by atoms with van der Waals surface area (Å²) in [6.45, 7) is -0.237. The van der Waals surface area contributed by atoms with Crippen LogP contribution in [0.3, 0.4) is 0 Å². The van der Waals surface area contributed by atoms with Gasteiger partial charge in [-0.15, -0.1) is 0 Å². The number of benzene rings is 2. The fraction of sp³-hybridized carbons (Fsp3) is 0.304. The molecular formula is C23H24ClFN6O3. The van der Waals surface area contributed by atoms with Gasteiger partial charge >= 0.3 is 0 Å². The molecule has 1 fully saturated rings. The highest BCUT2D eigenvalue weighted by atomic mass is 35.5. The van der Waals surface area contributed by atoms with Gasteiger partial charge in [0.15, 0.2) is 5.69 Å². The van der Waals surface area contributed by atoms with Crippen LogP contribution in [0, 0.1) is 5.82 Å². The van der Waals surface area contributed by atoms with Gasteiger partial charge in [-0.25, -0.2) is 4.39 Å². The molecule has 3 amide bonds. The summed E-state index contributed by atoms with van der Waals surface area (Å²) in [5, 5.41) is 7.34. The summed E-state index contributed by atoms with van der Waals surface area (Å²) in [5.74, 6) is -2.06. The van der Waals surface area contributed by atoms with Crippen LogP contribution in [0.25, 0.3) is 10.9 Å². The molecule has 0 radical (unpaired) electrons. The van der Waals surface area contributed by atoms with Crippen molar-refractivity contribution in [1.82, 2.24) is 20.0 Å². The molecule has 1 aromatic heterocycles. The van der Waals surface area contributed by atoms with E-state index in [0.717, 1.165) is 12.8 Å². The van der Waals surface area contributed by atoms with Crippen LogP contribution in [0.4, 0.5) is 4.39 Å². The number of carbonyl (C=O) groups excluding carboxylic acids is 3. The Morgan fingerprint density at radius 1 is 1.24 bits per heavy atom. The zero-order valence-corrected chi connectivity index (χ0v) is 19.0. The number of carbonyl (C=O) groups is 3. The lowest BCUT2D eigenvalue weighted by Crippen LogP contribution is -2.43. The first-order valence-electron chi connectivity index (χ1n) is 10.8. The van der Waals surface area contributed by atoms with Crippen molar-refractivity contribution in [2.75, 3.05) is 6.54 Å². The van der Waals surface area contributed by atoms with Gasteiger partial charge in [0.2, 0.25) is 11.8 Å². The number of hydrogen-bond acceptors (Lipinski definition) is 5. The quantitative estimate of drug-likeness (QED) is 0.423. The van der Waals surface area contributed by atoms with Crippen molar-refractivity contribution in [3.8, 4) is 0 Å². The van der Waals surface area contributed by atoms with Crippen LogP contribution < -0.4 is 16.8 Å². The maximum atomic E-state index is 14.3. The monoisotopic (exact) mass is 486 g/mol. The number of primary amides is 1. The van der Waals surface area contributed by atoms with Crippen LogP contribution in [-0.4, -0.2) is 45.0 Å². The van der Waals surface area contributed by atoms with Crippen LogP contribution in [0.2, 0.25) is 5.02 Å². The third kappa shape index (κ3) is 5.02. The van der Waals surface area contributed by atoms with E-state index in [4.69, 9.17) is 23.1 Å². The Balaban J connectivity index is 1.45. The largest absolute Gasteiger partial charge is 0.364 e. The molecule has 0 saturated heterocycles. The fourth-order valence-corrected chi connectivity index (χ4v) is 4.08. The van der Waals surface area contributed by atoms with Crippen LogP contribution in [-0.2, 0) is 29.2 Å². The number of halogens is 2. The molecular weight excluding hydrogens is 463 g/mol. The van der Waals surface area contributed by atoms with Gasteiger partial charge in [0.25, 0.3) is 5.91 Å². The molecule has 1 heterocycles. The molecule has 0 spiro atoms. The first-order chi connectivity index (χ1) is 16.3. The molecule has 11 heteroatoms. The van der Waals surface area contributed by atoms with Crippen LogP contribution >= 0.6 is 11.6 Å². The molecule has 0 aliphatic heterocycles. The van der Waals surface area contributed by atoms with Crippen molar-refractivity contribution < 1.29 is 18.8 Å². The zero-order valence-electron chi connectivity index (χ0n) is 18.3. The SMILES string of the molecule is NCc1cc(Cl)c(F)c(CNC(=O)CN(C(=O)Cn2nc(C(N)=O)c3ccccc32)C2CC2)c1. The predicted molar refractivity (Wildman–Crippen MR) is 124 cm³/mol. The highest BCUT2D eigenvalue weighted by Gasteiger charge is 2.34. The minimum Gasteiger partial charge on any atom is -0.364 e. The lowest BCUT2D eigenvalue weighted by molar-refractivity contribution is -0.137. The number of nitrogens with two attached hydrogens (primary N) is 2. The minimum absolute atomic E-state index is 0.0533. The second kappa shape index (κ2) is 9.78. The van der Waals surface area contributed by atoms with Gasteiger partial charge < -0.3 is 21.7 Å². The summed E-state index contributed by atoms with van der Waals surface area (Å²) >= 11 is 5.90. The number of aromatic nitrogens is 2. The lowest BCUT2D eigenvalue weighted by Gasteiger charge is -2.22.